The molecular weight excluding hydrogens is 1260 g/mol. The molecule has 5 fully saturated rings. The highest BCUT2D eigenvalue weighted by atomic mass is 16.5. The Bertz CT molecular complexity index is 4100. The van der Waals surface area contributed by atoms with Gasteiger partial charge in [-0.2, -0.15) is 0 Å². The number of rotatable bonds is 27. The molecule has 0 bridgehead atoms. The largest absolute Gasteiger partial charge is 0.508 e. The zero-order valence-electron chi connectivity index (χ0n) is 59.4. The van der Waals surface area contributed by atoms with E-state index < -0.39 is 0 Å². The number of aromatic hydroxyl groups is 3. The molecule has 2 unspecified atom stereocenters. The number of allylic oxidation sites excluding steroid dienone is 3. The van der Waals surface area contributed by atoms with Crippen LogP contribution in [-0.2, 0) is 0 Å². The highest BCUT2D eigenvalue weighted by molar-refractivity contribution is 6.01. The Labute approximate surface area is 605 Å². The number of likely N-dealkylation sites (tertiary alicyclic amines) is 2. The summed E-state index contributed by atoms with van der Waals surface area (Å²) in [5, 5.41) is 58.3. The van der Waals surface area contributed by atoms with Gasteiger partial charge in [-0.05, 0) is 257 Å². The first-order valence-electron chi connectivity index (χ1n) is 37.7. The standard InChI is InChI=1S/C33H39NO3.C30H33NO3.C29H32O2/c35-23-6-9-31(26-7-2-1-3-8-26)32(27-10-14-29(36)15-11-27)28-12-16-30(17-13-28)37-24-22-34-21-20-33(25-34)18-4-5-19-33;32-17-4-7-29(22-5-2-1-3-6-22)30(23-8-12-27(33)13-9-23)24-10-14-28(15-11-24)34-18-16-31-20-25-19-26(25)21-31;30-21-7-12-28(24-10-5-2-6-11-24)29(26-17-19-27(31)20-18-26)25-15-13-23(14-16-25)22-8-3-1-4-9-22/h1-3,7-8,10-17,35-36H,4-6,9,18-25H2;1-3,5-6,8-15,25-26,32-33H,4,7,16-21H2;2,5-6,10-11,13-20,22,30-31H,1,3-4,7-9,12,21H2/b32-31-;30-29-;29-28+. The maximum Gasteiger partial charge on any atom is 0.119 e. The fourth-order valence-electron chi connectivity index (χ4n) is 16.2. The number of aliphatic hydroxyl groups is 3. The zero-order valence-corrected chi connectivity index (χ0v) is 59.4. The summed E-state index contributed by atoms with van der Waals surface area (Å²) >= 11 is 0. The van der Waals surface area contributed by atoms with E-state index in [1.165, 1.54) is 136 Å². The van der Waals surface area contributed by atoms with Gasteiger partial charge in [-0.1, -0.05) is 208 Å². The topological polar surface area (TPSA) is 146 Å². The van der Waals surface area contributed by atoms with Crippen LogP contribution in [0.4, 0.5) is 0 Å². The van der Waals surface area contributed by atoms with Crippen LogP contribution in [-0.4, -0.2) is 113 Å². The quantitative estimate of drug-likeness (QED) is 0.0275. The van der Waals surface area contributed by atoms with Crippen LogP contribution >= 0.6 is 0 Å². The average molecular weight is 1370 g/mol. The fraction of sp³-hybridized carbons (Fsp3) is 0.348. The molecule has 9 aromatic rings. The first-order valence-corrected chi connectivity index (χ1v) is 37.7. The number of aliphatic hydroxyl groups excluding tert-OH is 3. The van der Waals surface area contributed by atoms with Crippen molar-refractivity contribution in [3.8, 4) is 28.7 Å². The van der Waals surface area contributed by atoms with E-state index in [1.807, 2.05) is 78.9 Å². The van der Waals surface area contributed by atoms with Crippen molar-refractivity contribution < 1.29 is 40.1 Å². The van der Waals surface area contributed by atoms with Crippen molar-refractivity contribution in [3.63, 3.8) is 0 Å². The van der Waals surface area contributed by atoms with E-state index in [-0.39, 0.29) is 37.1 Å². The lowest BCUT2D eigenvalue weighted by Gasteiger charge is -2.23. The Balaban J connectivity index is 0.000000145. The molecule has 0 radical (unpaired) electrons. The summed E-state index contributed by atoms with van der Waals surface area (Å²) in [4.78, 5) is 5.10. The van der Waals surface area contributed by atoms with Gasteiger partial charge in [-0.25, -0.2) is 0 Å². The number of phenols is 3. The lowest BCUT2D eigenvalue weighted by molar-refractivity contribution is 0.213. The smallest absolute Gasteiger partial charge is 0.119 e. The predicted molar refractivity (Wildman–Crippen MR) is 416 cm³/mol. The molecule has 3 aliphatic carbocycles. The van der Waals surface area contributed by atoms with Crippen molar-refractivity contribution in [2.45, 2.75) is 115 Å². The van der Waals surface area contributed by atoms with Crippen LogP contribution in [0.15, 0.2) is 237 Å². The second kappa shape index (κ2) is 36.7. The molecule has 2 aliphatic heterocycles. The molecule has 3 saturated carbocycles. The molecule has 6 N–H and O–H groups in total. The summed E-state index contributed by atoms with van der Waals surface area (Å²) in [6.45, 7) is 8.79. The molecule has 5 aliphatic rings. The van der Waals surface area contributed by atoms with Crippen molar-refractivity contribution in [2.75, 3.05) is 72.3 Å². The molecule has 10 nitrogen and oxygen atoms in total. The summed E-state index contributed by atoms with van der Waals surface area (Å²) in [6, 6.07) is 79.2. The zero-order chi connectivity index (χ0) is 70.3. The Morgan fingerprint density at radius 3 is 1.07 bits per heavy atom. The molecule has 530 valence electrons. The van der Waals surface area contributed by atoms with Crippen LogP contribution < -0.4 is 9.47 Å². The molecule has 2 saturated heterocycles. The molecule has 9 aromatic carbocycles. The number of piperidine rings is 1. The molecule has 10 heteroatoms. The van der Waals surface area contributed by atoms with E-state index >= 15 is 0 Å². The molecule has 14 rings (SSSR count). The lowest BCUT2D eigenvalue weighted by Crippen LogP contribution is -2.29. The third kappa shape index (κ3) is 19.8. The van der Waals surface area contributed by atoms with Gasteiger partial charge >= 0.3 is 0 Å². The average Bonchev–Trinajstić information content (AvgIpc) is 1.33. The second-order valence-electron chi connectivity index (χ2n) is 28.7. The molecule has 2 atom stereocenters. The number of ether oxygens (including phenoxy) is 2. The van der Waals surface area contributed by atoms with Crippen LogP contribution in [0.25, 0.3) is 33.4 Å². The summed E-state index contributed by atoms with van der Waals surface area (Å²) in [5.74, 6) is 5.14. The minimum atomic E-state index is 0.143. The van der Waals surface area contributed by atoms with Crippen LogP contribution in [0.2, 0.25) is 0 Å². The second-order valence-corrected chi connectivity index (χ2v) is 28.7. The predicted octanol–water partition coefficient (Wildman–Crippen LogP) is 19.4. The van der Waals surface area contributed by atoms with Crippen LogP contribution in [0, 0.1) is 17.3 Å². The maximum absolute atomic E-state index is 9.89. The molecule has 102 heavy (non-hydrogen) atoms. The third-order valence-electron chi connectivity index (χ3n) is 21.6. The highest BCUT2D eigenvalue weighted by Crippen LogP contribution is 2.47. The van der Waals surface area contributed by atoms with Crippen molar-refractivity contribution >= 4 is 33.4 Å². The molecule has 0 aromatic heterocycles. The first-order chi connectivity index (χ1) is 50.1. The van der Waals surface area contributed by atoms with E-state index in [4.69, 9.17) is 9.47 Å². The number of hydrogen-bond donors (Lipinski definition) is 6. The molecule has 1 spiro atoms. The van der Waals surface area contributed by atoms with Gasteiger partial charge in [0.25, 0.3) is 0 Å². The van der Waals surface area contributed by atoms with Crippen molar-refractivity contribution in [3.05, 3.63) is 292 Å². The first kappa shape index (κ1) is 72.8. The van der Waals surface area contributed by atoms with Gasteiger partial charge in [0.15, 0.2) is 0 Å². The molecule has 2 heterocycles. The van der Waals surface area contributed by atoms with Gasteiger partial charge in [-0.15, -0.1) is 0 Å². The number of fused-ring (bicyclic) bond motifs is 1. The van der Waals surface area contributed by atoms with Crippen LogP contribution in [0.5, 0.6) is 28.7 Å². The minimum Gasteiger partial charge on any atom is -0.508 e. The normalized spacial score (nSPS) is 17.8. The van der Waals surface area contributed by atoms with Gasteiger partial charge in [-0.3, -0.25) is 9.80 Å². The van der Waals surface area contributed by atoms with Crippen LogP contribution in [0.3, 0.4) is 0 Å². The third-order valence-corrected chi connectivity index (χ3v) is 21.6. The maximum atomic E-state index is 9.89. The van der Waals surface area contributed by atoms with Gasteiger partial charge in [0.05, 0.1) is 0 Å². The Morgan fingerprint density at radius 1 is 0.363 bits per heavy atom. The summed E-state index contributed by atoms with van der Waals surface area (Å²) in [7, 11) is 0. The van der Waals surface area contributed by atoms with Gasteiger partial charge in [0.2, 0.25) is 0 Å². The van der Waals surface area contributed by atoms with Gasteiger partial charge in [0, 0.05) is 52.5 Å². The van der Waals surface area contributed by atoms with E-state index in [9.17, 15) is 30.6 Å². The SMILES string of the molecule is OCCC/C(=C(\c1ccc(O)cc1)c1ccc(C2CCCCC2)cc1)c1ccccc1.OCCC/C(=C(\c1ccc(O)cc1)c1ccc(OCCN2CC3CC3C2)cc1)c1ccccc1.OCCC/C(=C(\c1ccc(O)cc1)c1ccc(OCCN2CCC3(CCCC3)C2)cc1)c1ccccc1. The van der Waals surface area contributed by atoms with Crippen molar-refractivity contribution in [2.24, 2.45) is 17.3 Å². The van der Waals surface area contributed by atoms with E-state index in [0.29, 0.717) is 43.8 Å². The van der Waals surface area contributed by atoms with Gasteiger partial charge in [0.1, 0.15) is 42.0 Å². The Hall–Kier alpha value is -9.00. The number of phenolic OH excluding ortho intramolecular Hbond substituents is 3. The van der Waals surface area contributed by atoms with E-state index in [1.54, 1.807) is 36.4 Å². The summed E-state index contributed by atoms with van der Waals surface area (Å²) in [6.07, 6.45) is 19.4. The lowest BCUT2D eigenvalue weighted by atomic mass is 9.82. The van der Waals surface area contributed by atoms with Crippen LogP contribution in [0.1, 0.15) is 171 Å². The fourth-order valence-corrected chi connectivity index (χ4v) is 16.2. The Morgan fingerprint density at radius 2 is 0.706 bits per heavy atom. The molecular formula is C92H104N2O8. The van der Waals surface area contributed by atoms with Crippen molar-refractivity contribution in [1.82, 2.24) is 9.80 Å². The molecule has 0 amide bonds. The minimum absolute atomic E-state index is 0.143. The summed E-state index contributed by atoms with van der Waals surface area (Å²) in [5.41, 5.74) is 19.0. The monoisotopic (exact) mass is 1360 g/mol. The Kier molecular flexibility index (Phi) is 26.2. The summed E-state index contributed by atoms with van der Waals surface area (Å²) < 4.78 is 12.2. The number of benzene rings is 9. The van der Waals surface area contributed by atoms with Gasteiger partial charge < -0.3 is 40.1 Å². The van der Waals surface area contributed by atoms with E-state index in [0.717, 1.165) is 106 Å². The number of nitrogens with zero attached hydrogens (tertiary/aromatic N) is 2. The highest BCUT2D eigenvalue weighted by Gasteiger charge is 2.44. The number of hydrogen-bond acceptors (Lipinski definition) is 10. The van der Waals surface area contributed by atoms with Crippen molar-refractivity contribution in [1.29, 1.82) is 0 Å². The van der Waals surface area contributed by atoms with E-state index in [2.05, 4.69) is 131 Å².